The fourth-order valence-electron chi connectivity index (χ4n) is 3.76. The van der Waals surface area contributed by atoms with Crippen molar-refractivity contribution in [3.05, 3.63) is 88.8 Å². The predicted molar refractivity (Wildman–Crippen MR) is 134 cm³/mol. The minimum atomic E-state index is 0. The Hall–Kier alpha value is -2.35. The number of hydrogen-bond donors (Lipinski definition) is 2. The van der Waals surface area contributed by atoms with Crippen LogP contribution in [0, 0.1) is 13.8 Å². The van der Waals surface area contributed by atoms with E-state index in [4.69, 9.17) is 4.52 Å². The largest absolute Gasteiger partial charge is 0.361 e. The Morgan fingerprint density at radius 3 is 1.93 bits per heavy atom. The lowest BCUT2D eigenvalue weighted by Gasteiger charge is -2.21. The van der Waals surface area contributed by atoms with Gasteiger partial charge in [-0.1, -0.05) is 72.7 Å². The van der Waals surface area contributed by atoms with Crippen LogP contribution < -0.4 is 10.6 Å². The van der Waals surface area contributed by atoms with Gasteiger partial charge in [-0.05, 0) is 25.0 Å². The highest BCUT2D eigenvalue weighted by Crippen LogP contribution is 2.24. The van der Waals surface area contributed by atoms with Crippen LogP contribution in [0.5, 0.6) is 0 Å². The Morgan fingerprint density at radius 1 is 0.933 bits per heavy atom. The minimum absolute atomic E-state index is 0. The molecule has 0 radical (unpaired) electrons. The van der Waals surface area contributed by atoms with Gasteiger partial charge in [0.05, 0.1) is 5.69 Å². The van der Waals surface area contributed by atoms with Gasteiger partial charge in [-0.2, -0.15) is 0 Å². The Kier molecular flexibility index (Phi) is 9.36. The van der Waals surface area contributed by atoms with E-state index in [-0.39, 0.29) is 35.8 Å². The van der Waals surface area contributed by atoms with Gasteiger partial charge in [0.2, 0.25) is 0 Å². The van der Waals surface area contributed by atoms with Crippen molar-refractivity contribution in [2.45, 2.75) is 32.6 Å². The summed E-state index contributed by atoms with van der Waals surface area (Å²) in [6.07, 6.45) is 0. The van der Waals surface area contributed by atoms with Crippen molar-refractivity contribution in [2.24, 2.45) is 4.99 Å². The smallest absolute Gasteiger partial charge is 0.191 e. The molecule has 0 amide bonds. The number of guanidine groups is 1. The lowest BCUT2D eigenvalue weighted by molar-refractivity contribution is 0.391. The summed E-state index contributed by atoms with van der Waals surface area (Å²) in [5.74, 6) is 2.20. The molecule has 0 saturated carbocycles. The van der Waals surface area contributed by atoms with Crippen molar-refractivity contribution in [3.8, 4) is 0 Å². The average molecular weight is 518 g/mol. The van der Waals surface area contributed by atoms with Gasteiger partial charge in [0.25, 0.3) is 0 Å². The molecule has 3 rings (SSSR count). The van der Waals surface area contributed by atoms with E-state index in [1.165, 1.54) is 16.7 Å². The fraction of sp³-hybridized carbons (Fsp3) is 0.333. The zero-order valence-corrected chi connectivity index (χ0v) is 20.4. The second-order valence-corrected chi connectivity index (χ2v) is 7.35. The van der Waals surface area contributed by atoms with Crippen molar-refractivity contribution >= 4 is 29.9 Å². The highest BCUT2D eigenvalue weighted by Gasteiger charge is 2.18. The normalized spacial score (nSPS) is 12.4. The van der Waals surface area contributed by atoms with Crippen molar-refractivity contribution in [1.82, 2.24) is 15.8 Å². The SMILES string of the molecule is CN=C(NCC(C)c1c(C)noc1C)NCC(c1ccccc1)c1ccccc1.I. The van der Waals surface area contributed by atoms with Gasteiger partial charge >= 0.3 is 0 Å². The molecule has 0 fully saturated rings. The first-order valence-electron chi connectivity index (χ1n) is 10.1. The Labute approximate surface area is 196 Å². The highest BCUT2D eigenvalue weighted by molar-refractivity contribution is 14.0. The van der Waals surface area contributed by atoms with Crippen LogP contribution in [0.15, 0.2) is 70.2 Å². The molecular formula is C24H31IN4O. The van der Waals surface area contributed by atoms with Gasteiger partial charge in [0.1, 0.15) is 5.76 Å². The number of benzene rings is 2. The molecule has 30 heavy (non-hydrogen) atoms. The summed E-state index contributed by atoms with van der Waals surface area (Å²) < 4.78 is 5.30. The number of halogens is 1. The van der Waals surface area contributed by atoms with Crippen LogP contribution in [0.1, 0.15) is 46.9 Å². The van der Waals surface area contributed by atoms with E-state index in [0.29, 0.717) is 0 Å². The van der Waals surface area contributed by atoms with Crippen LogP contribution in [0.25, 0.3) is 0 Å². The molecule has 5 nitrogen and oxygen atoms in total. The molecule has 2 N–H and O–H groups in total. The van der Waals surface area contributed by atoms with E-state index in [1.807, 2.05) is 13.8 Å². The van der Waals surface area contributed by atoms with Gasteiger partial charge in [-0.3, -0.25) is 4.99 Å². The van der Waals surface area contributed by atoms with Gasteiger partial charge in [-0.25, -0.2) is 0 Å². The zero-order chi connectivity index (χ0) is 20.6. The fourth-order valence-corrected chi connectivity index (χ4v) is 3.76. The summed E-state index contributed by atoms with van der Waals surface area (Å²) in [6, 6.07) is 21.2. The number of aryl methyl sites for hydroxylation is 2. The molecule has 6 heteroatoms. The van der Waals surface area contributed by atoms with Crippen molar-refractivity contribution in [2.75, 3.05) is 20.1 Å². The number of aliphatic imine (C=N–C) groups is 1. The molecule has 0 saturated heterocycles. The second kappa shape index (κ2) is 11.7. The van der Waals surface area contributed by atoms with Crippen molar-refractivity contribution in [3.63, 3.8) is 0 Å². The first-order valence-corrected chi connectivity index (χ1v) is 10.1. The first-order chi connectivity index (χ1) is 14.1. The van der Waals surface area contributed by atoms with Crippen molar-refractivity contribution < 1.29 is 4.52 Å². The number of nitrogens with one attached hydrogen (secondary N) is 2. The number of hydrogen-bond acceptors (Lipinski definition) is 3. The molecule has 0 spiro atoms. The molecule has 1 aromatic heterocycles. The molecule has 1 heterocycles. The molecular weight excluding hydrogens is 487 g/mol. The Balaban J connectivity index is 0.00000320. The molecule has 0 aliphatic rings. The monoisotopic (exact) mass is 518 g/mol. The maximum atomic E-state index is 5.30. The Morgan fingerprint density at radius 2 is 1.47 bits per heavy atom. The molecule has 3 aromatic rings. The number of rotatable bonds is 7. The van der Waals surface area contributed by atoms with Crippen LogP contribution in [-0.4, -0.2) is 31.3 Å². The van der Waals surface area contributed by atoms with Crippen LogP contribution in [0.3, 0.4) is 0 Å². The van der Waals surface area contributed by atoms with Crippen LogP contribution in [0.4, 0.5) is 0 Å². The molecule has 1 atom stereocenters. The third kappa shape index (κ3) is 6.08. The van der Waals surface area contributed by atoms with Gasteiger partial charge in [0, 0.05) is 37.5 Å². The van der Waals surface area contributed by atoms with E-state index < -0.39 is 0 Å². The maximum Gasteiger partial charge on any atom is 0.191 e. The summed E-state index contributed by atoms with van der Waals surface area (Å²) >= 11 is 0. The molecule has 0 aliphatic carbocycles. The quantitative estimate of drug-likeness (QED) is 0.262. The van der Waals surface area contributed by atoms with E-state index >= 15 is 0 Å². The summed E-state index contributed by atoms with van der Waals surface area (Å²) in [5, 5.41) is 11.0. The van der Waals surface area contributed by atoms with Crippen molar-refractivity contribution in [1.29, 1.82) is 0 Å². The molecule has 1 unspecified atom stereocenters. The molecule has 2 aromatic carbocycles. The number of nitrogens with zero attached hydrogens (tertiary/aromatic N) is 2. The second-order valence-electron chi connectivity index (χ2n) is 7.35. The van der Waals surface area contributed by atoms with Crippen LogP contribution in [0.2, 0.25) is 0 Å². The van der Waals surface area contributed by atoms with E-state index in [0.717, 1.165) is 30.5 Å². The third-order valence-corrected chi connectivity index (χ3v) is 5.26. The first kappa shape index (κ1) is 23.9. The topological polar surface area (TPSA) is 62.5 Å². The van der Waals surface area contributed by atoms with Gasteiger partial charge in [0.15, 0.2) is 5.96 Å². The van der Waals surface area contributed by atoms with E-state index in [9.17, 15) is 0 Å². The van der Waals surface area contributed by atoms with E-state index in [2.05, 4.69) is 88.4 Å². The Bertz CT molecular complexity index is 866. The zero-order valence-electron chi connectivity index (χ0n) is 18.1. The molecule has 160 valence electrons. The number of aromatic nitrogens is 1. The predicted octanol–water partition coefficient (Wildman–Crippen LogP) is 5.01. The summed E-state index contributed by atoms with van der Waals surface area (Å²) in [4.78, 5) is 4.40. The third-order valence-electron chi connectivity index (χ3n) is 5.26. The maximum absolute atomic E-state index is 5.30. The van der Waals surface area contributed by atoms with Crippen LogP contribution in [-0.2, 0) is 0 Å². The lowest BCUT2D eigenvalue weighted by Crippen LogP contribution is -2.41. The summed E-state index contributed by atoms with van der Waals surface area (Å²) in [6.45, 7) is 7.63. The van der Waals surface area contributed by atoms with Gasteiger partial charge in [-0.15, -0.1) is 24.0 Å². The summed E-state index contributed by atoms with van der Waals surface area (Å²) in [5.41, 5.74) is 4.68. The highest BCUT2D eigenvalue weighted by atomic mass is 127. The minimum Gasteiger partial charge on any atom is -0.361 e. The standard InChI is InChI=1S/C24H30N4O.HI/c1-17(23-18(2)28-29-19(23)3)15-26-24(25-4)27-16-22(20-11-7-5-8-12-20)21-13-9-6-10-14-21;/h5-14,17,22H,15-16H2,1-4H3,(H2,25,26,27);1H. The summed E-state index contributed by atoms with van der Waals surface area (Å²) in [7, 11) is 1.80. The van der Waals surface area contributed by atoms with Gasteiger partial charge < -0.3 is 15.2 Å². The van der Waals surface area contributed by atoms with Crippen LogP contribution >= 0.6 is 24.0 Å². The average Bonchev–Trinajstić information content (AvgIpc) is 3.10. The van der Waals surface area contributed by atoms with E-state index in [1.54, 1.807) is 7.05 Å². The lowest BCUT2D eigenvalue weighted by atomic mass is 9.91. The molecule has 0 bridgehead atoms. The molecule has 0 aliphatic heterocycles.